The highest BCUT2D eigenvalue weighted by Crippen LogP contribution is 2.19. The molecule has 0 bridgehead atoms. The minimum atomic E-state index is -0.0690. The summed E-state index contributed by atoms with van der Waals surface area (Å²) in [4.78, 5) is 11.2. The minimum absolute atomic E-state index is 0.0586. The Morgan fingerprint density at radius 3 is 2.32 bits per heavy atom. The topological polar surface area (TPSA) is 35.5 Å². The molecule has 0 aliphatic carbocycles. The highest BCUT2D eigenvalue weighted by Gasteiger charge is 2.15. The normalized spacial score (nSPS) is 13.3. The predicted molar refractivity (Wildman–Crippen MR) is 79.2 cm³/mol. The quantitative estimate of drug-likeness (QED) is 0.438. The standard InChI is InChI=1S/C16H32O3/c1-6-10-14(13-19-16(3,4)5)11-8-9-12-15(17)18-7-2/h14H,6-13H2,1-5H3. The van der Waals surface area contributed by atoms with Gasteiger partial charge in [0.2, 0.25) is 0 Å². The number of hydrogen-bond acceptors (Lipinski definition) is 3. The maximum absolute atomic E-state index is 11.2. The Kier molecular flexibility index (Phi) is 9.94. The maximum Gasteiger partial charge on any atom is 0.305 e. The Morgan fingerprint density at radius 2 is 1.79 bits per heavy atom. The molecule has 0 heterocycles. The van der Waals surface area contributed by atoms with Gasteiger partial charge in [-0.2, -0.15) is 0 Å². The molecular formula is C16H32O3. The zero-order chi connectivity index (χ0) is 14.7. The van der Waals surface area contributed by atoms with Crippen LogP contribution in [0.5, 0.6) is 0 Å². The largest absolute Gasteiger partial charge is 0.466 e. The van der Waals surface area contributed by atoms with Crippen molar-refractivity contribution in [2.45, 2.75) is 78.7 Å². The Bertz CT molecular complexity index is 231. The molecule has 3 heteroatoms. The van der Waals surface area contributed by atoms with E-state index in [2.05, 4.69) is 27.7 Å². The van der Waals surface area contributed by atoms with Crippen molar-refractivity contribution < 1.29 is 14.3 Å². The Hall–Kier alpha value is -0.570. The number of hydrogen-bond donors (Lipinski definition) is 0. The van der Waals surface area contributed by atoms with E-state index in [1.807, 2.05) is 6.92 Å². The molecule has 114 valence electrons. The summed E-state index contributed by atoms with van der Waals surface area (Å²) in [7, 11) is 0. The van der Waals surface area contributed by atoms with Crippen molar-refractivity contribution in [2.24, 2.45) is 5.92 Å². The van der Waals surface area contributed by atoms with Gasteiger partial charge in [-0.1, -0.05) is 19.8 Å². The average molecular weight is 272 g/mol. The van der Waals surface area contributed by atoms with Gasteiger partial charge >= 0.3 is 5.97 Å². The van der Waals surface area contributed by atoms with Crippen molar-refractivity contribution in [3.63, 3.8) is 0 Å². The smallest absolute Gasteiger partial charge is 0.305 e. The maximum atomic E-state index is 11.2. The molecule has 0 aliphatic rings. The van der Waals surface area contributed by atoms with Crippen molar-refractivity contribution in [1.82, 2.24) is 0 Å². The van der Waals surface area contributed by atoms with E-state index in [9.17, 15) is 4.79 Å². The van der Waals surface area contributed by atoms with Crippen LogP contribution in [0.25, 0.3) is 0 Å². The van der Waals surface area contributed by atoms with Crippen LogP contribution in [0.15, 0.2) is 0 Å². The van der Waals surface area contributed by atoms with Crippen LogP contribution < -0.4 is 0 Å². The van der Waals surface area contributed by atoms with Gasteiger partial charge in [-0.05, 0) is 52.9 Å². The van der Waals surface area contributed by atoms with Gasteiger partial charge in [0, 0.05) is 6.42 Å². The fourth-order valence-electron chi connectivity index (χ4n) is 2.02. The predicted octanol–water partition coefficient (Wildman–Crippen LogP) is 4.34. The molecule has 0 rings (SSSR count). The summed E-state index contributed by atoms with van der Waals surface area (Å²) < 4.78 is 10.8. The zero-order valence-corrected chi connectivity index (χ0v) is 13.5. The van der Waals surface area contributed by atoms with Gasteiger partial charge in [0.15, 0.2) is 0 Å². The summed E-state index contributed by atoms with van der Waals surface area (Å²) >= 11 is 0. The fraction of sp³-hybridized carbons (Fsp3) is 0.938. The van der Waals surface area contributed by atoms with Crippen LogP contribution >= 0.6 is 0 Å². The number of ether oxygens (including phenoxy) is 2. The number of rotatable bonds is 10. The summed E-state index contributed by atoms with van der Waals surface area (Å²) in [5.41, 5.74) is -0.0586. The molecule has 0 aromatic heterocycles. The molecule has 1 unspecified atom stereocenters. The summed E-state index contributed by atoms with van der Waals surface area (Å²) in [6.45, 7) is 11.7. The van der Waals surface area contributed by atoms with Gasteiger partial charge in [-0.25, -0.2) is 0 Å². The zero-order valence-electron chi connectivity index (χ0n) is 13.5. The molecule has 0 aliphatic heterocycles. The fourth-order valence-corrected chi connectivity index (χ4v) is 2.02. The van der Waals surface area contributed by atoms with Crippen LogP contribution in [0.3, 0.4) is 0 Å². The lowest BCUT2D eigenvalue weighted by molar-refractivity contribution is -0.143. The van der Waals surface area contributed by atoms with E-state index < -0.39 is 0 Å². The molecule has 19 heavy (non-hydrogen) atoms. The molecule has 0 aromatic carbocycles. The highest BCUT2D eigenvalue weighted by molar-refractivity contribution is 5.69. The summed E-state index contributed by atoms with van der Waals surface area (Å²) in [5, 5.41) is 0. The summed E-state index contributed by atoms with van der Waals surface area (Å²) in [6.07, 6.45) is 6.09. The van der Waals surface area contributed by atoms with Crippen molar-refractivity contribution in [3.8, 4) is 0 Å². The van der Waals surface area contributed by atoms with Crippen molar-refractivity contribution in [1.29, 1.82) is 0 Å². The number of unbranched alkanes of at least 4 members (excludes halogenated alkanes) is 1. The third kappa shape index (κ3) is 12.2. The first-order valence-corrected chi connectivity index (χ1v) is 7.68. The van der Waals surface area contributed by atoms with Crippen molar-refractivity contribution >= 4 is 5.97 Å². The van der Waals surface area contributed by atoms with E-state index in [1.165, 1.54) is 12.8 Å². The first-order chi connectivity index (χ1) is 8.89. The lowest BCUT2D eigenvalue weighted by atomic mass is 9.97. The van der Waals surface area contributed by atoms with Crippen LogP contribution in [-0.4, -0.2) is 24.8 Å². The summed E-state index contributed by atoms with van der Waals surface area (Å²) in [6, 6.07) is 0. The lowest BCUT2D eigenvalue weighted by Gasteiger charge is -2.24. The summed E-state index contributed by atoms with van der Waals surface area (Å²) in [5.74, 6) is 0.548. The van der Waals surface area contributed by atoms with Crippen LogP contribution in [0.1, 0.15) is 73.1 Å². The molecular weight excluding hydrogens is 240 g/mol. The van der Waals surface area contributed by atoms with Crippen LogP contribution in [0, 0.1) is 5.92 Å². The lowest BCUT2D eigenvalue weighted by Crippen LogP contribution is -2.23. The Balaban J connectivity index is 3.79. The first-order valence-electron chi connectivity index (χ1n) is 7.68. The Labute approximate surface area is 119 Å². The average Bonchev–Trinajstić information content (AvgIpc) is 2.30. The molecule has 0 saturated carbocycles. The Morgan fingerprint density at radius 1 is 1.11 bits per heavy atom. The van der Waals surface area contributed by atoms with E-state index in [1.54, 1.807) is 0 Å². The molecule has 0 amide bonds. The second kappa shape index (κ2) is 10.2. The van der Waals surface area contributed by atoms with E-state index in [4.69, 9.17) is 9.47 Å². The van der Waals surface area contributed by atoms with E-state index in [0.29, 0.717) is 18.9 Å². The third-order valence-electron chi connectivity index (χ3n) is 3.00. The van der Waals surface area contributed by atoms with E-state index in [0.717, 1.165) is 25.9 Å². The number of carbonyl (C=O) groups is 1. The molecule has 3 nitrogen and oxygen atoms in total. The van der Waals surface area contributed by atoms with E-state index in [-0.39, 0.29) is 11.6 Å². The molecule has 0 N–H and O–H groups in total. The van der Waals surface area contributed by atoms with Gasteiger partial charge in [0.05, 0.1) is 18.8 Å². The SMILES string of the molecule is CCCC(CCCCC(=O)OCC)COC(C)(C)C. The molecule has 0 spiro atoms. The van der Waals surface area contributed by atoms with Gasteiger partial charge in [0.25, 0.3) is 0 Å². The highest BCUT2D eigenvalue weighted by atomic mass is 16.5. The van der Waals surface area contributed by atoms with Gasteiger partial charge in [-0.3, -0.25) is 4.79 Å². The number of carbonyl (C=O) groups excluding carboxylic acids is 1. The van der Waals surface area contributed by atoms with Gasteiger partial charge in [0.1, 0.15) is 0 Å². The molecule has 1 atom stereocenters. The second-order valence-corrected chi connectivity index (χ2v) is 6.13. The van der Waals surface area contributed by atoms with E-state index >= 15 is 0 Å². The van der Waals surface area contributed by atoms with Crippen molar-refractivity contribution in [3.05, 3.63) is 0 Å². The monoisotopic (exact) mass is 272 g/mol. The van der Waals surface area contributed by atoms with Crippen LogP contribution in [0.4, 0.5) is 0 Å². The van der Waals surface area contributed by atoms with Crippen LogP contribution in [0.2, 0.25) is 0 Å². The second-order valence-electron chi connectivity index (χ2n) is 6.13. The molecule has 0 saturated heterocycles. The minimum Gasteiger partial charge on any atom is -0.466 e. The van der Waals surface area contributed by atoms with Gasteiger partial charge < -0.3 is 9.47 Å². The number of esters is 1. The van der Waals surface area contributed by atoms with Crippen LogP contribution in [-0.2, 0) is 14.3 Å². The molecule has 0 radical (unpaired) electrons. The molecule has 0 fully saturated rings. The molecule has 0 aromatic rings. The van der Waals surface area contributed by atoms with Crippen molar-refractivity contribution in [2.75, 3.05) is 13.2 Å². The first kappa shape index (κ1) is 18.4. The van der Waals surface area contributed by atoms with Gasteiger partial charge in [-0.15, -0.1) is 0 Å². The third-order valence-corrected chi connectivity index (χ3v) is 3.00.